The topological polar surface area (TPSA) is 38.3 Å². The highest BCUT2D eigenvalue weighted by Crippen LogP contribution is 2.31. The number of rotatable bonds is 1. The van der Waals surface area contributed by atoms with Crippen LogP contribution in [0, 0.1) is 6.92 Å². The van der Waals surface area contributed by atoms with Gasteiger partial charge in [-0.05, 0) is 51.7 Å². The third kappa shape index (κ3) is 3.03. The summed E-state index contributed by atoms with van der Waals surface area (Å²) in [5.74, 6) is 0. The van der Waals surface area contributed by atoms with Crippen LogP contribution in [0.1, 0.15) is 49.9 Å². The molecule has 3 heteroatoms. The fourth-order valence-electron chi connectivity index (χ4n) is 2.35. The molecule has 18 heavy (non-hydrogen) atoms. The van der Waals surface area contributed by atoms with Gasteiger partial charge in [0.1, 0.15) is 5.60 Å². The van der Waals surface area contributed by atoms with E-state index in [1.807, 2.05) is 20.8 Å². The van der Waals surface area contributed by atoms with Crippen LogP contribution in [0.2, 0.25) is 0 Å². The van der Waals surface area contributed by atoms with Gasteiger partial charge in [-0.15, -0.1) is 0 Å². The Morgan fingerprint density at radius 3 is 2.78 bits per heavy atom. The Morgan fingerprint density at radius 1 is 1.39 bits per heavy atom. The van der Waals surface area contributed by atoms with Gasteiger partial charge in [0.05, 0.1) is 6.04 Å². The second kappa shape index (κ2) is 4.63. The van der Waals surface area contributed by atoms with Crippen molar-refractivity contribution in [3.8, 4) is 0 Å². The zero-order valence-electron chi connectivity index (χ0n) is 11.5. The monoisotopic (exact) mass is 247 g/mol. The lowest BCUT2D eigenvalue weighted by molar-refractivity contribution is 0.0504. The molecule has 1 amide bonds. The van der Waals surface area contributed by atoms with E-state index in [2.05, 4.69) is 30.4 Å². The standard InChI is InChI=1S/C15H21NO2/c1-10-5-7-12-11(9-10)6-8-13(12)16-14(17)18-15(2,3)4/h5,7,9,13H,6,8H2,1-4H3,(H,16,17)/t13-/m1/s1. The number of benzene rings is 1. The van der Waals surface area contributed by atoms with E-state index < -0.39 is 5.60 Å². The van der Waals surface area contributed by atoms with E-state index in [4.69, 9.17) is 4.74 Å². The number of carbonyl (C=O) groups is 1. The van der Waals surface area contributed by atoms with Crippen molar-refractivity contribution in [2.45, 2.75) is 52.2 Å². The Hall–Kier alpha value is -1.51. The second-order valence-electron chi connectivity index (χ2n) is 5.94. The normalized spacial score (nSPS) is 18.3. The van der Waals surface area contributed by atoms with E-state index in [0.29, 0.717) is 0 Å². The van der Waals surface area contributed by atoms with Crippen molar-refractivity contribution in [3.05, 3.63) is 34.9 Å². The van der Waals surface area contributed by atoms with E-state index in [1.54, 1.807) is 0 Å². The molecule has 0 aliphatic heterocycles. The molecule has 0 saturated heterocycles. The zero-order valence-corrected chi connectivity index (χ0v) is 11.5. The van der Waals surface area contributed by atoms with Crippen molar-refractivity contribution in [2.75, 3.05) is 0 Å². The molecule has 98 valence electrons. The van der Waals surface area contributed by atoms with Crippen molar-refractivity contribution < 1.29 is 9.53 Å². The van der Waals surface area contributed by atoms with Gasteiger partial charge in [0.25, 0.3) is 0 Å². The predicted molar refractivity (Wildman–Crippen MR) is 71.6 cm³/mol. The van der Waals surface area contributed by atoms with Crippen LogP contribution in [0.3, 0.4) is 0 Å². The van der Waals surface area contributed by atoms with Crippen LogP contribution >= 0.6 is 0 Å². The summed E-state index contributed by atoms with van der Waals surface area (Å²) in [6.45, 7) is 7.71. The van der Waals surface area contributed by atoms with Crippen molar-refractivity contribution in [1.82, 2.24) is 5.32 Å². The number of hydrogen-bond donors (Lipinski definition) is 1. The number of ether oxygens (including phenoxy) is 1. The Labute approximate surface area is 109 Å². The Balaban J connectivity index is 2.04. The van der Waals surface area contributed by atoms with E-state index in [1.165, 1.54) is 16.7 Å². The summed E-state index contributed by atoms with van der Waals surface area (Å²) >= 11 is 0. The molecule has 1 aromatic rings. The highest BCUT2D eigenvalue weighted by molar-refractivity contribution is 5.68. The van der Waals surface area contributed by atoms with E-state index >= 15 is 0 Å². The van der Waals surface area contributed by atoms with Crippen LogP contribution in [0.25, 0.3) is 0 Å². The molecule has 0 unspecified atom stereocenters. The Morgan fingerprint density at radius 2 is 2.11 bits per heavy atom. The molecule has 1 aliphatic rings. The van der Waals surface area contributed by atoms with Gasteiger partial charge in [-0.3, -0.25) is 0 Å². The van der Waals surface area contributed by atoms with Crippen molar-refractivity contribution in [2.24, 2.45) is 0 Å². The molecule has 2 rings (SSSR count). The SMILES string of the molecule is Cc1ccc2c(c1)CC[C@H]2NC(=O)OC(C)(C)C. The predicted octanol–water partition coefficient (Wildman–Crippen LogP) is 3.51. The van der Waals surface area contributed by atoms with Gasteiger partial charge in [-0.2, -0.15) is 0 Å². The fraction of sp³-hybridized carbons (Fsp3) is 0.533. The molecule has 3 nitrogen and oxygen atoms in total. The van der Waals surface area contributed by atoms with Crippen LogP contribution in [0.5, 0.6) is 0 Å². The summed E-state index contributed by atoms with van der Waals surface area (Å²) in [4.78, 5) is 11.8. The largest absolute Gasteiger partial charge is 0.444 e. The van der Waals surface area contributed by atoms with Gasteiger partial charge in [-0.1, -0.05) is 23.8 Å². The number of fused-ring (bicyclic) bond motifs is 1. The Bertz CT molecular complexity index is 460. The average molecular weight is 247 g/mol. The first kappa shape index (κ1) is 12.9. The van der Waals surface area contributed by atoms with Gasteiger partial charge >= 0.3 is 6.09 Å². The number of aryl methyl sites for hydroxylation is 2. The number of carbonyl (C=O) groups excluding carboxylic acids is 1. The number of amides is 1. The van der Waals surface area contributed by atoms with Gasteiger partial charge in [0.15, 0.2) is 0 Å². The summed E-state index contributed by atoms with van der Waals surface area (Å²) in [7, 11) is 0. The summed E-state index contributed by atoms with van der Waals surface area (Å²) in [6, 6.07) is 6.50. The highest BCUT2D eigenvalue weighted by atomic mass is 16.6. The molecule has 1 atom stereocenters. The summed E-state index contributed by atoms with van der Waals surface area (Å²) in [5.41, 5.74) is 3.40. The lowest BCUT2D eigenvalue weighted by atomic mass is 10.1. The fourth-order valence-corrected chi connectivity index (χ4v) is 2.35. The molecule has 1 aliphatic carbocycles. The smallest absolute Gasteiger partial charge is 0.408 e. The van der Waals surface area contributed by atoms with Crippen molar-refractivity contribution in [1.29, 1.82) is 0 Å². The first-order valence-electron chi connectivity index (χ1n) is 6.44. The number of hydrogen-bond acceptors (Lipinski definition) is 2. The molecule has 0 radical (unpaired) electrons. The maximum absolute atomic E-state index is 11.8. The lowest BCUT2D eigenvalue weighted by Crippen LogP contribution is -2.34. The minimum absolute atomic E-state index is 0.0930. The first-order chi connectivity index (χ1) is 8.35. The van der Waals surface area contributed by atoms with Crippen molar-refractivity contribution in [3.63, 3.8) is 0 Å². The van der Waals surface area contributed by atoms with Crippen LogP contribution < -0.4 is 5.32 Å². The lowest BCUT2D eigenvalue weighted by Gasteiger charge is -2.22. The molecule has 1 N–H and O–H groups in total. The molecule has 0 bridgehead atoms. The second-order valence-corrected chi connectivity index (χ2v) is 5.94. The van der Waals surface area contributed by atoms with Gasteiger partial charge in [0, 0.05) is 0 Å². The zero-order chi connectivity index (χ0) is 13.3. The molecule has 0 heterocycles. The maximum atomic E-state index is 11.8. The molecule has 0 fully saturated rings. The van der Waals surface area contributed by atoms with Gasteiger partial charge in [-0.25, -0.2) is 4.79 Å². The minimum atomic E-state index is -0.446. The number of alkyl carbamates (subject to hydrolysis) is 1. The van der Waals surface area contributed by atoms with Crippen LogP contribution in [0.4, 0.5) is 4.79 Å². The molecular formula is C15H21NO2. The van der Waals surface area contributed by atoms with Crippen LogP contribution in [-0.4, -0.2) is 11.7 Å². The molecule has 0 aromatic heterocycles. The molecular weight excluding hydrogens is 226 g/mol. The summed E-state index contributed by atoms with van der Waals surface area (Å²) < 4.78 is 5.29. The van der Waals surface area contributed by atoms with Gasteiger partial charge < -0.3 is 10.1 Å². The van der Waals surface area contributed by atoms with Gasteiger partial charge in [0.2, 0.25) is 0 Å². The minimum Gasteiger partial charge on any atom is -0.444 e. The average Bonchev–Trinajstić information content (AvgIpc) is 2.57. The third-order valence-electron chi connectivity index (χ3n) is 3.07. The Kier molecular flexibility index (Phi) is 3.33. The molecule has 0 saturated carbocycles. The van der Waals surface area contributed by atoms with E-state index in [-0.39, 0.29) is 12.1 Å². The van der Waals surface area contributed by atoms with Crippen LogP contribution in [-0.2, 0) is 11.2 Å². The first-order valence-corrected chi connectivity index (χ1v) is 6.44. The quantitative estimate of drug-likeness (QED) is 0.824. The van der Waals surface area contributed by atoms with E-state index in [0.717, 1.165) is 12.8 Å². The van der Waals surface area contributed by atoms with E-state index in [9.17, 15) is 4.79 Å². The summed E-state index contributed by atoms with van der Waals surface area (Å²) in [5, 5.41) is 2.95. The highest BCUT2D eigenvalue weighted by Gasteiger charge is 2.26. The molecule has 0 spiro atoms. The van der Waals surface area contributed by atoms with Crippen LogP contribution in [0.15, 0.2) is 18.2 Å². The maximum Gasteiger partial charge on any atom is 0.408 e. The third-order valence-corrected chi connectivity index (χ3v) is 3.07. The summed E-state index contributed by atoms with van der Waals surface area (Å²) in [6.07, 6.45) is 1.65. The van der Waals surface area contributed by atoms with Crippen molar-refractivity contribution >= 4 is 6.09 Å². The molecule has 1 aromatic carbocycles. The number of nitrogens with one attached hydrogen (secondary N) is 1.